The molecular weight excluding hydrogens is 313 g/mol. The van der Waals surface area contributed by atoms with Crippen molar-refractivity contribution in [1.82, 2.24) is 9.97 Å². The summed E-state index contributed by atoms with van der Waals surface area (Å²) >= 11 is 3.76. The van der Waals surface area contributed by atoms with Crippen LogP contribution in [-0.2, 0) is 0 Å². The zero-order valence-electron chi connectivity index (χ0n) is 8.00. The molecule has 1 aromatic heterocycles. The minimum Gasteiger partial charge on any atom is -0.368 e. The van der Waals surface area contributed by atoms with E-state index >= 15 is 0 Å². The first-order valence-electron chi connectivity index (χ1n) is 4.15. The van der Waals surface area contributed by atoms with Crippen molar-refractivity contribution in [2.45, 2.75) is 12.2 Å². The first-order valence-corrected chi connectivity index (χ1v) is 6.51. The maximum Gasteiger partial charge on any atom is 0.266 e. The van der Waals surface area contributed by atoms with Crippen LogP contribution in [0, 0.1) is 3.57 Å². The van der Waals surface area contributed by atoms with E-state index in [1.807, 2.05) is 22.6 Å². The Morgan fingerprint density at radius 3 is 3.14 bits per heavy atom. The molecule has 0 radical (unpaired) electrons. The van der Waals surface area contributed by atoms with Gasteiger partial charge < -0.3 is 10.3 Å². The van der Waals surface area contributed by atoms with Crippen molar-refractivity contribution in [3.05, 3.63) is 20.3 Å². The fraction of sp³-hybridized carbons (Fsp3) is 0.500. The van der Waals surface area contributed by atoms with Crippen LogP contribution < -0.4 is 10.9 Å². The Hall–Kier alpha value is -0.240. The molecule has 1 aromatic rings. The van der Waals surface area contributed by atoms with Gasteiger partial charge in [-0.25, -0.2) is 4.98 Å². The summed E-state index contributed by atoms with van der Waals surface area (Å²) in [5, 5.41) is 3.65. The van der Waals surface area contributed by atoms with Crippen LogP contribution in [0.1, 0.15) is 6.92 Å². The number of nitrogens with zero attached hydrogens (tertiary/aromatic N) is 1. The monoisotopic (exact) mass is 325 g/mol. The second kappa shape index (κ2) is 5.59. The Labute approximate surface area is 100 Å². The van der Waals surface area contributed by atoms with Crippen LogP contribution in [0.4, 0.5) is 5.82 Å². The second-order valence-electron chi connectivity index (χ2n) is 2.82. The Balaban J connectivity index is 2.68. The first-order chi connectivity index (χ1) is 6.65. The van der Waals surface area contributed by atoms with Crippen LogP contribution in [0.5, 0.6) is 0 Å². The Bertz CT molecular complexity index is 355. The van der Waals surface area contributed by atoms with Crippen LogP contribution in [0.25, 0.3) is 0 Å². The normalized spacial score (nSPS) is 12.5. The molecule has 0 aromatic carbocycles. The molecule has 1 rings (SSSR count). The van der Waals surface area contributed by atoms with E-state index in [4.69, 9.17) is 0 Å². The smallest absolute Gasteiger partial charge is 0.266 e. The molecule has 0 aliphatic carbocycles. The third-order valence-electron chi connectivity index (χ3n) is 1.76. The van der Waals surface area contributed by atoms with E-state index in [1.54, 1.807) is 11.8 Å². The van der Waals surface area contributed by atoms with E-state index in [-0.39, 0.29) is 5.56 Å². The van der Waals surface area contributed by atoms with E-state index in [0.29, 0.717) is 14.6 Å². The quantitative estimate of drug-likeness (QED) is 0.825. The van der Waals surface area contributed by atoms with Crippen molar-refractivity contribution in [3.8, 4) is 0 Å². The molecule has 1 unspecified atom stereocenters. The summed E-state index contributed by atoms with van der Waals surface area (Å²) in [7, 11) is 0. The van der Waals surface area contributed by atoms with Crippen LogP contribution >= 0.6 is 34.4 Å². The molecule has 78 valence electrons. The number of anilines is 1. The standard InChI is InChI=1S/C8H12IN3OS/c1-5(14-2)3-10-7-6(9)8(13)12-4-11-7/h4-5H,3H2,1-2H3,(H2,10,11,12,13). The zero-order chi connectivity index (χ0) is 10.6. The summed E-state index contributed by atoms with van der Waals surface area (Å²) in [5.41, 5.74) is -0.0973. The van der Waals surface area contributed by atoms with E-state index in [0.717, 1.165) is 6.54 Å². The summed E-state index contributed by atoms with van der Waals surface area (Å²) in [6.45, 7) is 2.94. The largest absolute Gasteiger partial charge is 0.368 e. The molecule has 1 atom stereocenters. The lowest BCUT2D eigenvalue weighted by Crippen LogP contribution is -2.19. The number of rotatable bonds is 4. The molecule has 0 spiro atoms. The van der Waals surface area contributed by atoms with Crippen molar-refractivity contribution in [1.29, 1.82) is 0 Å². The number of halogens is 1. The molecular formula is C8H12IN3OS. The van der Waals surface area contributed by atoms with Gasteiger partial charge in [-0.15, -0.1) is 0 Å². The van der Waals surface area contributed by atoms with Crippen molar-refractivity contribution in [2.24, 2.45) is 0 Å². The summed E-state index contributed by atoms with van der Waals surface area (Å²) in [4.78, 5) is 17.8. The lowest BCUT2D eigenvalue weighted by Gasteiger charge is -2.10. The van der Waals surface area contributed by atoms with Gasteiger partial charge in [0, 0.05) is 11.8 Å². The topological polar surface area (TPSA) is 57.8 Å². The van der Waals surface area contributed by atoms with Crippen molar-refractivity contribution >= 4 is 40.2 Å². The van der Waals surface area contributed by atoms with E-state index in [2.05, 4.69) is 28.5 Å². The summed E-state index contributed by atoms with van der Waals surface area (Å²) in [5.74, 6) is 0.662. The van der Waals surface area contributed by atoms with Gasteiger partial charge in [-0.1, -0.05) is 6.92 Å². The number of aromatic amines is 1. The highest BCUT2D eigenvalue weighted by molar-refractivity contribution is 14.1. The van der Waals surface area contributed by atoms with Crippen molar-refractivity contribution < 1.29 is 0 Å². The Morgan fingerprint density at radius 1 is 1.79 bits per heavy atom. The van der Waals surface area contributed by atoms with Gasteiger partial charge in [-0.05, 0) is 28.8 Å². The lowest BCUT2D eigenvalue weighted by atomic mass is 10.4. The number of H-pyrrole nitrogens is 1. The Kier molecular flexibility index (Phi) is 4.73. The number of aromatic nitrogens is 2. The molecule has 1 heterocycles. The maximum absolute atomic E-state index is 11.2. The molecule has 4 nitrogen and oxygen atoms in total. The van der Waals surface area contributed by atoms with Crippen LogP contribution in [0.15, 0.2) is 11.1 Å². The molecule has 0 saturated carbocycles. The SMILES string of the molecule is CSC(C)CNc1nc[nH]c(=O)c1I. The second-order valence-corrected chi connectivity index (χ2v) is 5.18. The molecule has 0 aliphatic heterocycles. The third-order valence-corrected chi connectivity index (χ3v) is 3.73. The fourth-order valence-corrected chi connectivity index (χ4v) is 1.57. The average Bonchev–Trinajstić information content (AvgIpc) is 2.20. The predicted octanol–water partition coefficient (Wildman–Crippen LogP) is 1.54. The highest BCUT2D eigenvalue weighted by Gasteiger charge is 2.05. The van der Waals surface area contributed by atoms with E-state index in [9.17, 15) is 4.79 Å². The molecule has 14 heavy (non-hydrogen) atoms. The van der Waals surface area contributed by atoms with Gasteiger partial charge in [-0.2, -0.15) is 11.8 Å². The molecule has 0 bridgehead atoms. The van der Waals surface area contributed by atoms with Gasteiger partial charge in [0.15, 0.2) is 0 Å². The molecule has 2 N–H and O–H groups in total. The van der Waals surface area contributed by atoms with Gasteiger partial charge in [0.1, 0.15) is 9.39 Å². The highest BCUT2D eigenvalue weighted by Crippen LogP contribution is 2.11. The number of hydrogen-bond donors (Lipinski definition) is 2. The van der Waals surface area contributed by atoms with Crippen LogP contribution in [-0.4, -0.2) is 28.0 Å². The fourth-order valence-electron chi connectivity index (χ4n) is 0.830. The highest BCUT2D eigenvalue weighted by atomic mass is 127. The zero-order valence-corrected chi connectivity index (χ0v) is 11.0. The summed E-state index contributed by atoms with van der Waals surface area (Å²) in [6.07, 6.45) is 3.47. The third kappa shape index (κ3) is 3.16. The first kappa shape index (κ1) is 11.8. The van der Waals surface area contributed by atoms with E-state index < -0.39 is 0 Å². The number of nitrogens with one attached hydrogen (secondary N) is 2. The summed E-state index contributed by atoms with van der Waals surface area (Å²) in [6, 6.07) is 0. The molecule has 0 aliphatic rings. The van der Waals surface area contributed by atoms with Gasteiger partial charge in [0.2, 0.25) is 0 Å². The van der Waals surface area contributed by atoms with Crippen LogP contribution in [0.2, 0.25) is 0 Å². The predicted molar refractivity (Wildman–Crippen MR) is 69.0 cm³/mol. The van der Waals surface area contributed by atoms with Gasteiger partial charge in [-0.3, -0.25) is 4.79 Å². The van der Waals surface area contributed by atoms with Gasteiger partial charge in [0.25, 0.3) is 5.56 Å². The summed E-state index contributed by atoms with van der Waals surface area (Å²) < 4.78 is 0.610. The Morgan fingerprint density at radius 2 is 2.50 bits per heavy atom. The molecule has 0 saturated heterocycles. The van der Waals surface area contributed by atoms with Crippen LogP contribution in [0.3, 0.4) is 0 Å². The van der Waals surface area contributed by atoms with Gasteiger partial charge >= 0.3 is 0 Å². The molecule has 6 heteroatoms. The molecule has 0 fully saturated rings. The molecule has 0 amide bonds. The number of hydrogen-bond acceptors (Lipinski definition) is 4. The van der Waals surface area contributed by atoms with Crippen molar-refractivity contribution in [2.75, 3.05) is 18.1 Å². The average molecular weight is 325 g/mol. The minimum absolute atomic E-state index is 0.0973. The number of thioether (sulfide) groups is 1. The van der Waals surface area contributed by atoms with Gasteiger partial charge in [0.05, 0.1) is 6.33 Å². The maximum atomic E-state index is 11.2. The van der Waals surface area contributed by atoms with E-state index in [1.165, 1.54) is 6.33 Å². The minimum atomic E-state index is -0.0973. The van der Waals surface area contributed by atoms with Crippen molar-refractivity contribution in [3.63, 3.8) is 0 Å². The lowest BCUT2D eigenvalue weighted by molar-refractivity contribution is 0.976.